The minimum Gasteiger partial charge on any atom is -0.423 e. The Balaban J connectivity index is 2.40. The van der Waals surface area contributed by atoms with Crippen molar-refractivity contribution >= 4 is 29.9 Å². The molecule has 0 fully saturated rings. The molecule has 2 N–H and O–H groups in total. The predicted octanol–water partition coefficient (Wildman–Crippen LogP) is 2.80. The third-order valence-electron chi connectivity index (χ3n) is 4.08. The number of rotatable bonds is 4. The second kappa shape index (κ2) is 6.86. The monoisotopic (exact) mass is 373 g/mol. The standard InChI is InChI=1S/C16H16BClF3NO3/c1-9-6-12(4-5-13(9)17(23)24)14-8-15(25-22-14,16(19,20)21)10(2)7-11(3)18/h4-7,23-24H,3,8H2,1-2H3/b10-7+. The van der Waals surface area contributed by atoms with Gasteiger partial charge < -0.3 is 14.9 Å². The number of benzene rings is 1. The maximum atomic E-state index is 13.7. The smallest absolute Gasteiger partial charge is 0.423 e. The Hall–Kier alpha value is -1.77. The fourth-order valence-electron chi connectivity index (χ4n) is 2.67. The molecule has 0 aromatic heterocycles. The molecule has 1 unspecified atom stereocenters. The molecule has 0 spiro atoms. The first kappa shape index (κ1) is 19.6. The van der Waals surface area contributed by atoms with Gasteiger partial charge in [-0.2, -0.15) is 13.2 Å². The van der Waals surface area contributed by atoms with Gasteiger partial charge in [-0.1, -0.05) is 47.1 Å². The lowest BCUT2D eigenvalue weighted by Gasteiger charge is -2.30. The van der Waals surface area contributed by atoms with Gasteiger partial charge in [0.2, 0.25) is 0 Å². The number of aryl methyl sites for hydroxylation is 1. The molecule has 0 saturated heterocycles. The summed E-state index contributed by atoms with van der Waals surface area (Å²) in [6.07, 6.45) is -4.13. The average Bonchev–Trinajstić information content (AvgIpc) is 2.92. The molecule has 9 heteroatoms. The second-order valence-corrected chi connectivity index (χ2v) is 6.34. The van der Waals surface area contributed by atoms with Gasteiger partial charge in [-0.25, -0.2) is 0 Å². The normalized spacial score (nSPS) is 21.0. The Bertz CT molecular complexity index is 761. The molecule has 2 rings (SSSR count). The third kappa shape index (κ3) is 3.76. The largest absolute Gasteiger partial charge is 0.488 e. The van der Waals surface area contributed by atoms with Gasteiger partial charge in [0, 0.05) is 11.5 Å². The number of hydrogen-bond donors (Lipinski definition) is 2. The molecule has 0 bridgehead atoms. The van der Waals surface area contributed by atoms with Crippen molar-refractivity contribution in [3.63, 3.8) is 0 Å². The molecular formula is C16H16BClF3NO3. The summed E-state index contributed by atoms with van der Waals surface area (Å²) in [6, 6.07) is 4.42. The van der Waals surface area contributed by atoms with E-state index < -0.39 is 25.3 Å². The van der Waals surface area contributed by atoms with Crippen LogP contribution in [0.3, 0.4) is 0 Å². The lowest BCUT2D eigenvalue weighted by atomic mass is 9.76. The quantitative estimate of drug-likeness (QED) is 0.630. The summed E-state index contributed by atoms with van der Waals surface area (Å²) in [5, 5.41) is 22.0. The van der Waals surface area contributed by atoms with Crippen LogP contribution in [0.5, 0.6) is 0 Å². The summed E-state index contributed by atoms with van der Waals surface area (Å²) in [5.74, 6) is 0. The van der Waals surface area contributed by atoms with Crippen molar-refractivity contribution in [1.82, 2.24) is 0 Å². The number of oxime groups is 1. The van der Waals surface area contributed by atoms with E-state index in [1.54, 1.807) is 6.92 Å². The van der Waals surface area contributed by atoms with Gasteiger partial charge in [0.1, 0.15) is 0 Å². The first-order valence-corrected chi connectivity index (χ1v) is 7.68. The first-order chi connectivity index (χ1) is 11.5. The lowest BCUT2D eigenvalue weighted by Crippen LogP contribution is -2.46. The van der Waals surface area contributed by atoms with E-state index >= 15 is 0 Å². The van der Waals surface area contributed by atoms with Crippen LogP contribution in [0.15, 0.2) is 46.6 Å². The topological polar surface area (TPSA) is 62.0 Å². The highest BCUT2D eigenvalue weighted by molar-refractivity contribution is 6.59. The first-order valence-electron chi connectivity index (χ1n) is 7.30. The molecule has 0 radical (unpaired) electrons. The molecule has 134 valence electrons. The van der Waals surface area contributed by atoms with E-state index in [1.165, 1.54) is 25.1 Å². The molecule has 1 aromatic rings. The van der Waals surface area contributed by atoms with E-state index in [1.807, 2.05) is 0 Å². The van der Waals surface area contributed by atoms with Gasteiger partial charge in [0.25, 0.3) is 5.60 Å². The van der Waals surface area contributed by atoms with Crippen LogP contribution in [-0.2, 0) is 4.84 Å². The average molecular weight is 374 g/mol. The zero-order valence-corrected chi connectivity index (χ0v) is 14.3. The number of halogens is 4. The van der Waals surface area contributed by atoms with Crippen LogP contribution in [0.25, 0.3) is 0 Å². The van der Waals surface area contributed by atoms with Gasteiger partial charge in [-0.15, -0.1) is 0 Å². The molecule has 1 aromatic carbocycles. The molecule has 4 nitrogen and oxygen atoms in total. The zero-order valence-electron chi connectivity index (χ0n) is 13.6. The van der Waals surface area contributed by atoms with Crippen molar-refractivity contribution in [2.24, 2.45) is 5.16 Å². The minimum atomic E-state index is -4.71. The van der Waals surface area contributed by atoms with Gasteiger partial charge in [0.15, 0.2) is 0 Å². The van der Waals surface area contributed by atoms with Crippen molar-refractivity contribution in [2.45, 2.75) is 32.0 Å². The molecule has 1 aliphatic heterocycles. The fourth-order valence-corrected chi connectivity index (χ4v) is 2.84. The molecule has 1 atom stereocenters. The number of alkyl halides is 3. The lowest BCUT2D eigenvalue weighted by molar-refractivity contribution is -0.253. The Kier molecular flexibility index (Phi) is 5.37. The van der Waals surface area contributed by atoms with Crippen LogP contribution in [0.4, 0.5) is 13.2 Å². The highest BCUT2D eigenvalue weighted by Gasteiger charge is 2.62. The van der Waals surface area contributed by atoms with Crippen LogP contribution in [0.2, 0.25) is 0 Å². The number of allylic oxidation sites excluding steroid dienone is 2. The summed E-state index contributed by atoms with van der Waals surface area (Å²) in [5.41, 5.74) is -1.47. The SMILES string of the molecule is C=C(Cl)/C=C(\C)C1(C(F)(F)F)CC(c2ccc(B(O)O)c(C)c2)=NO1. The van der Waals surface area contributed by atoms with Crippen LogP contribution >= 0.6 is 11.6 Å². The number of hydrogen-bond acceptors (Lipinski definition) is 4. The molecule has 0 aliphatic carbocycles. The Morgan fingerprint density at radius 3 is 2.56 bits per heavy atom. The van der Waals surface area contributed by atoms with E-state index in [4.69, 9.17) is 16.4 Å². The van der Waals surface area contributed by atoms with E-state index in [0.717, 1.165) is 6.08 Å². The second-order valence-electron chi connectivity index (χ2n) is 5.85. The van der Waals surface area contributed by atoms with Gasteiger partial charge >= 0.3 is 13.3 Å². The van der Waals surface area contributed by atoms with Crippen molar-refractivity contribution in [3.8, 4) is 0 Å². The van der Waals surface area contributed by atoms with Crippen molar-refractivity contribution in [3.05, 3.63) is 52.6 Å². The molecule has 0 amide bonds. The molecular weight excluding hydrogens is 357 g/mol. The van der Waals surface area contributed by atoms with Crippen molar-refractivity contribution in [1.29, 1.82) is 0 Å². The predicted molar refractivity (Wildman–Crippen MR) is 90.8 cm³/mol. The summed E-state index contributed by atoms with van der Waals surface area (Å²) >= 11 is 5.61. The Morgan fingerprint density at radius 1 is 1.44 bits per heavy atom. The molecule has 25 heavy (non-hydrogen) atoms. The Labute approximate surface area is 148 Å². The van der Waals surface area contributed by atoms with Gasteiger partial charge in [-0.05, 0) is 36.5 Å². The Morgan fingerprint density at radius 2 is 2.08 bits per heavy atom. The van der Waals surface area contributed by atoms with Crippen molar-refractivity contribution < 1.29 is 28.1 Å². The number of nitrogens with zero attached hydrogens (tertiary/aromatic N) is 1. The van der Waals surface area contributed by atoms with E-state index in [2.05, 4.69) is 11.7 Å². The summed E-state index contributed by atoms with van der Waals surface area (Å²) in [4.78, 5) is 4.85. The maximum Gasteiger partial charge on any atom is 0.488 e. The summed E-state index contributed by atoms with van der Waals surface area (Å²) < 4.78 is 41.0. The van der Waals surface area contributed by atoms with Crippen LogP contribution in [-0.4, -0.2) is 34.7 Å². The molecule has 0 saturated carbocycles. The third-order valence-corrected chi connectivity index (χ3v) is 4.19. The molecule has 1 aliphatic rings. The minimum absolute atomic E-state index is 0.0460. The summed E-state index contributed by atoms with van der Waals surface area (Å²) in [6.45, 7) is 6.26. The van der Waals surface area contributed by atoms with Gasteiger partial charge in [0.05, 0.1) is 5.71 Å². The zero-order chi connectivity index (χ0) is 19.0. The maximum absolute atomic E-state index is 13.7. The van der Waals surface area contributed by atoms with Crippen molar-refractivity contribution in [2.75, 3.05) is 0 Å². The van der Waals surface area contributed by atoms with Gasteiger partial charge in [-0.3, -0.25) is 0 Å². The fraction of sp³-hybridized carbons (Fsp3) is 0.312. The summed E-state index contributed by atoms with van der Waals surface area (Å²) in [7, 11) is -1.66. The van der Waals surface area contributed by atoms with E-state index in [9.17, 15) is 23.2 Å². The van der Waals surface area contributed by atoms with Crippen LogP contribution in [0, 0.1) is 6.92 Å². The highest BCUT2D eigenvalue weighted by Crippen LogP contribution is 2.46. The highest BCUT2D eigenvalue weighted by atomic mass is 35.5. The van der Waals surface area contributed by atoms with E-state index in [0.29, 0.717) is 11.1 Å². The van der Waals surface area contributed by atoms with E-state index in [-0.39, 0.29) is 21.8 Å². The molecule has 1 heterocycles. The van der Waals surface area contributed by atoms with Crippen LogP contribution < -0.4 is 5.46 Å². The van der Waals surface area contributed by atoms with Crippen LogP contribution in [0.1, 0.15) is 24.5 Å².